The van der Waals surface area contributed by atoms with Gasteiger partial charge in [-0.3, -0.25) is 0 Å². The molecule has 0 amide bonds. The van der Waals surface area contributed by atoms with Crippen LogP contribution >= 0.6 is 11.6 Å². The minimum Gasteiger partial charge on any atom is -0.478 e. The van der Waals surface area contributed by atoms with Gasteiger partial charge in [0.15, 0.2) is 0 Å². The average Bonchev–Trinajstić information content (AvgIpc) is 2.77. The molecule has 0 atom stereocenters. The number of benzene rings is 1. The molecule has 118 valence electrons. The standard InChI is InChI=1S/C17H21ClN2O2/c1-4-6-15-16(17(21)22)14(9-11(2)3)19-20(15)13-8-5-7-12(18)10-13/h5,7-8,10-11H,4,6,9H2,1-3H3,(H,21,22). The normalized spacial score (nSPS) is 11.1. The van der Waals surface area contributed by atoms with Crippen LogP contribution in [0.2, 0.25) is 5.02 Å². The molecular weight excluding hydrogens is 300 g/mol. The van der Waals surface area contributed by atoms with E-state index in [2.05, 4.69) is 18.9 Å². The first-order valence-corrected chi connectivity index (χ1v) is 7.91. The molecular formula is C17H21ClN2O2. The highest BCUT2D eigenvalue weighted by molar-refractivity contribution is 6.30. The van der Waals surface area contributed by atoms with Crippen molar-refractivity contribution in [3.8, 4) is 5.69 Å². The lowest BCUT2D eigenvalue weighted by Gasteiger charge is -2.07. The van der Waals surface area contributed by atoms with Gasteiger partial charge in [0, 0.05) is 5.02 Å². The van der Waals surface area contributed by atoms with E-state index >= 15 is 0 Å². The third-order valence-corrected chi connectivity index (χ3v) is 3.64. The van der Waals surface area contributed by atoms with E-state index in [-0.39, 0.29) is 0 Å². The largest absolute Gasteiger partial charge is 0.478 e. The van der Waals surface area contributed by atoms with E-state index in [0.717, 1.165) is 17.8 Å². The van der Waals surface area contributed by atoms with Gasteiger partial charge in [-0.05, 0) is 37.0 Å². The molecule has 0 fully saturated rings. The number of rotatable bonds is 6. The summed E-state index contributed by atoms with van der Waals surface area (Å²) in [5, 5.41) is 14.8. The van der Waals surface area contributed by atoms with Crippen LogP contribution in [0.25, 0.3) is 5.69 Å². The fourth-order valence-corrected chi connectivity index (χ4v) is 2.75. The fourth-order valence-electron chi connectivity index (χ4n) is 2.57. The Bertz CT molecular complexity index is 677. The lowest BCUT2D eigenvalue weighted by molar-refractivity contribution is 0.0694. The summed E-state index contributed by atoms with van der Waals surface area (Å²) in [6.45, 7) is 6.15. The topological polar surface area (TPSA) is 55.1 Å². The number of hydrogen-bond acceptors (Lipinski definition) is 2. The molecule has 0 unspecified atom stereocenters. The van der Waals surface area contributed by atoms with Crippen LogP contribution in [0.5, 0.6) is 0 Å². The molecule has 1 heterocycles. The molecule has 0 aliphatic rings. The maximum Gasteiger partial charge on any atom is 0.339 e. The molecule has 0 spiro atoms. The zero-order valence-electron chi connectivity index (χ0n) is 13.1. The number of hydrogen-bond donors (Lipinski definition) is 1. The summed E-state index contributed by atoms with van der Waals surface area (Å²) in [6.07, 6.45) is 2.17. The lowest BCUT2D eigenvalue weighted by atomic mass is 10.0. The number of aromatic carboxylic acids is 1. The highest BCUT2D eigenvalue weighted by atomic mass is 35.5. The Hall–Kier alpha value is -1.81. The van der Waals surface area contributed by atoms with E-state index < -0.39 is 5.97 Å². The summed E-state index contributed by atoms with van der Waals surface area (Å²) >= 11 is 6.06. The molecule has 22 heavy (non-hydrogen) atoms. The molecule has 0 aliphatic carbocycles. The third-order valence-electron chi connectivity index (χ3n) is 3.41. The summed E-state index contributed by atoms with van der Waals surface area (Å²) in [7, 11) is 0. The first kappa shape index (κ1) is 16.6. The lowest BCUT2D eigenvalue weighted by Crippen LogP contribution is -2.07. The fraction of sp³-hybridized carbons (Fsp3) is 0.412. The van der Waals surface area contributed by atoms with Crippen molar-refractivity contribution in [1.82, 2.24) is 9.78 Å². The van der Waals surface area contributed by atoms with Crippen LogP contribution in [0.3, 0.4) is 0 Å². The van der Waals surface area contributed by atoms with Gasteiger partial charge in [0.05, 0.1) is 17.1 Å². The van der Waals surface area contributed by atoms with Crippen molar-refractivity contribution in [3.05, 3.63) is 46.2 Å². The van der Waals surface area contributed by atoms with Crippen LogP contribution in [0.15, 0.2) is 24.3 Å². The molecule has 2 rings (SSSR count). The van der Waals surface area contributed by atoms with Gasteiger partial charge in [-0.2, -0.15) is 5.10 Å². The minimum absolute atomic E-state index is 0.343. The molecule has 1 aromatic heterocycles. The van der Waals surface area contributed by atoms with Crippen molar-refractivity contribution < 1.29 is 9.90 Å². The number of nitrogens with zero attached hydrogens (tertiary/aromatic N) is 2. The van der Waals surface area contributed by atoms with Gasteiger partial charge >= 0.3 is 5.97 Å². The van der Waals surface area contributed by atoms with E-state index in [4.69, 9.17) is 11.6 Å². The number of aromatic nitrogens is 2. The summed E-state index contributed by atoms with van der Waals surface area (Å²) in [5.41, 5.74) is 2.53. The van der Waals surface area contributed by atoms with E-state index in [9.17, 15) is 9.90 Å². The molecule has 1 aromatic carbocycles. The number of carbonyl (C=O) groups is 1. The molecule has 0 saturated heterocycles. The monoisotopic (exact) mass is 320 g/mol. The van der Waals surface area contributed by atoms with Crippen molar-refractivity contribution in [1.29, 1.82) is 0 Å². The maximum atomic E-state index is 11.7. The summed E-state index contributed by atoms with van der Waals surface area (Å²) in [4.78, 5) is 11.7. The molecule has 2 aromatic rings. The van der Waals surface area contributed by atoms with Crippen molar-refractivity contribution in [2.75, 3.05) is 0 Å². The summed E-state index contributed by atoms with van der Waals surface area (Å²) < 4.78 is 1.73. The second-order valence-electron chi connectivity index (χ2n) is 5.81. The highest BCUT2D eigenvalue weighted by Crippen LogP contribution is 2.24. The van der Waals surface area contributed by atoms with Gasteiger partial charge in [-0.15, -0.1) is 0 Å². The summed E-state index contributed by atoms with van der Waals surface area (Å²) in [6, 6.07) is 7.33. The first-order valence-electron chi connectivity index (χ1n) is 7.54. The van der Waals surface area contributed by atoms with Gasteiger partial charge < -0.3 is 5.11 Å². The Balaban J connectivity index is 2.64. The van der Waals surface area contributed by atoms with Crippen LogP contribution in [0.4, 0.5) is 0 Å². The van der Waals surface area contributed by atoms with Crippen molar-refractivity contribution in [3.63, 3.8) is 0 Å². The van der Waals surface area contributed by atoms with E-state index in [0.29, 0.717) is 35.0 Å². The molecule has 0 aliphatic heterocycles. The Morgan fingerprint density at radius 2 is 2.14 bits per heavy atom. The zero-order valence-corrected chi connectivity index (χ0v) is 13.9. The Morgan fingerprint density at radius 3 is 2.68 bits per heavy atom. The van der Waals surface area contributed by atoms with Crippen LogP contribution in [-0.2, 0) is 12.8 Å². The van der Waals surface area contributed by atoms with Gasteiger partial charge in [0.2, 0.25) is 0 Å². The zero-order chi connectivity index (χ0) is 16.3. The summed E-state index contributed by atoms with van der Waals surface area (Å²) in [5.74, 6) is -0.567. The van der Waals surface area contributed by atoms with Gasteiger partial charge in [-0.25, -0.2) is 9.48 Å². The molecule has 1 N–H and O–H groups in total. The quantitative estimate of drug-likeness (QED) is 0.859. The molecule has 0 radical (unpaired) electrons. The van der Waals surface area contributed by atoms with E-state index in [1.165, 1.54) is 0 Å². The average molecular weight is 321 g/mol. The van der Waals surface area contributed by atoms with Gasteiger partial charge in [0.1, 0.15) is 5.56 Å². The second kappa shape index (κ2) is 6.97. The Labute approximate surface area is 135 Å². The highest BCUT2D eigenvalue weighted by Gasteiger charge is 2.24. The molecule has 4 nitrogen and oxygen atoms in total. The van der Waals surface area contributed by atoms with Crippen molar-refractivity contribution in [2.24, 2.45) is 5.92 Å². The second-order valence-corrected chi connectivity index (χ2v) is 6.25. The molecule has 5 heteroatoms. The van der Waals surface area contributed by atoms with Crippen molar-refractivity contribution >= 4 is 17.6 Å². The Kier molecular flexibility index (Phi) is 5.24. The molecule has 0 saturated carbocycles. The Morgan fingerprint density at radius 1 is 1.41 bits per heavy atom. The third kappa shape index (κ3) is 3.50. The van der Waals surface area contributed by atoms with Crippen LogP contribution in [-0.4, -0.2) is 20.9 Å². The first-order chi connectivity index (χ1) is 10.4. The number of carboxylic acid groups (broad SMARTS) is 1. The number of carboxylic acids is 1. The predicted molar refractivity (Wildman–Crippen MR) is 88.1 cm³/mol. The van der Waals surface area contributed by atoms with Crippen LogP contribution < -0.4 is 0 Å². The van der Waals surface area contributed by atoms with Gasteiger partial charge in [0.25, 0.3) is 0 Å². The minimum atomic E-state index is -0.910. The van der Waals surface area contributed by atoms with Crippen LogP contribution in [0, 0.1) is 5.92 Å². The van der Waals surface area contributed by atoms with Crippen LogP contribution in [0.1, 0.15) is 48.9 Å². The number of halogens is 1. The van der Waals surface area contributed by atoms with Crippen molar-refractivity contribution in [2.45, 2.75) is 40.0 Å². The van der Waals surface area contributed by atoms with E-state index in [1.807, 2.05) is 19.1 Å². The molecule has 0 bridgehead atoms. The predicted octanol–water partition coefficient (Wildman–Crippen LogP) is 4.37. The SMILES string of the molecule is CCCc1c(C(=O)O)c(CC(C)C)nn1-c1cccc(Cl)c1. The maximum absolute atomic E-state index is 11.7. The van der Waals surface area contributed by atoms with Gasteiger partial charge in [-0.1, -0.05) is 44.9 Å². The van der Waals surface area contributed by atoms with E-state index in [1.54, 1.807) is 16.8 Å². The smallest absolute Gasteiger partial charge is 0.339 e.